The summed E-state index contributed by atoms with van der Waals surface area (Å²) in [6.45, 7) is 8.57. The van der Waals surface area contributed by atoms with Gasteiger partial charge < -0.3 is 19.5 Å². The Labute approximate surface area is 154 Å². The molecule has 146 valence electrons. The number of hydrogen-bond donors (Lipinski definition) is 2. The van der Waals surface area contributed by atoms with Crippen LogP contribution in [0.15, 0.2) is 10.6 Å². The van der Waals surface area contributed by atoms with Gasteiger partial charge in [-0.2, -0.15) is 0 Å². The summed E-state index contributed by atoms with van der Waals surface area (Å²) in [5, 5.41) is 19.2. The van der Waals surface area contributed by atoms with Crippen LogP contribution in [0, 0.1) is 5.92 Å². The summed E-state index contributed by atoms with van der Waals surface area (Å²) < 4.78 is 5.90. The van der Waals surface area contributed by atoms with E-state index in [2.05, 4.69) is 4.98 Å². The maximum absolute atomic E-state index is 13.0. The number of carboxylic acids is 1. The Hall–Kier alpha value is -1.89. The highest BCUT2D eigenvalue weighted by Gasteiger charge is 2.40. The average molecular weight is 366 g/mol. The Morgan fingerprint density at radius 3 is 2.65 bits per heavy atom. The molecule has 1 aromatic heterocycles. The van der Waals surface area contributed by atoms with Crippen LogP contribution in [0.1, 0.15) is 77.5 Å². The predicted molar refractivity (Wildman–Crippen MR) is 95.5 cm³/mol. The van der Waals surface area contributed by atoms with E-state index < -0.39 is 18.0 Å². The van der Waals surface area contributed by atoms with Gasteiger partial charge in [0.1, 0.15) is 11.8 Å². The molecule has 2 heterocycles. The molecule has 2 rings (SSSR count). The number of aliphatic hydroxyl groups is 1. The van der Waals surface area contributed by atoms with Gasteiger partial charge in [0.25, 0.3) is 0 Å². The molecule has 1 aromatic rings. The van der Waals surface area contributed by atoms with Crippen molar-refractivity contribution in [1.82, 2.24) is 9.88 Å². The summed E-state index contributed by atoms with van der Waals surface area (Å²) in [4.78, 5) is 30.2. The number of oxazole rings is 1. The minimum absolute atomic E-state index is 0.179. The molecule has 1 aliphatic heterocycles. The number of carboxylic acid groups (broad SMARTS) is 1. The second kappa shape index (κ2) is 8.20. The lowest BCUT2D eigenvalue weighted by atomic mass is 9.94. The molecule has 1 fully saturated rings. The predicted octanol–water partition coefficient (Wildman–Crippen LogP) is 2.89. The molecule has 0 spiro atoms. The van der Waals surface area contributed by atoms with Crippen LogP contribution in [0.25, 0.3) is 0 Å². The first kappa shape index (κ1) is 20.4. The molecule has 1 amide bonds. The fourth-order valence-electron chi connectivity index (χ4n) is 3.30. The van der Waals surface area contributed by atoms with Crippen molar-refractivity contribution in [3.05, 3.63) is 17.8 Å². The lowest BCUT2D eigenvalue weighted by Gasteiger charge is -2.28. The third kappa shape index (κ3) is 4.44. The molecule has 0 radical (unpaired) electrons. The molecule has 0 unspecified atom stereocenters. The SMILES string of the molecule is CCCC[C@@H](C(=O)N1CCC[C@H]1c1ncc(C(C)(C)C)o1)[C@H](O)C(=O)O. The van der Waals surface area contributed by atoms with Crippen LogP contribution in [0.3, 0.4) is 0 Å². The fourth-order valence-corrected chi connectivity index (χ4v) is 3.30. The molecule has 3 atom stereocenters. The van der Waals surface area contributed by atoms with Crippen molar-refractivity contribution in [2.45, 2.75) is 77.4 Å². The Morgan fingerprint density at radius 1 is 1.42 bits per heavy atom. The molecule has 0 saturated carbocycles. The molecule has 7 nitrogen and oxygen atoms in total. The van der Waals surface area contributed by atoms with Gasteiger partial charge in [-0.25, -0.2) is 9.78 Å². The van der Waals surface area contributed by atoms with Crippen molar-refractivity contribution in [2.75, 3.05) is 6.54 Å². The Balaban J connectivity index is 2.22. The van der Waals surface area contributed by atoms with Crippen LogP contribution >= 0.6 is 0 Å². The molecular formula is C19H30N2O5. The summed E-state index contributed by atoms with van der Waals surface area (Å²) in [6.07, 6.45) is 3.39. The van der Waals surface area contributed by atoms with Crippen LogP contribution < -0.4 is 0 Å². The van der Waals surface area contributed by atoms with E-state index in [9.17, 15) is 14.7 Å². The number of aromatic nitrogens is 1. The quantitative estimate of drug-likeness (QED) is 0.769. The number of carbonyl (C=O) groups excluding carboxylic acids is 1. The van der Waals surface area contributed by atoms with E-state index in [-0.39, 0.29) is 17.4 Å². The fraction of sp³-hybridized carbons (Fsp3) is 0.737. The average Bonchev–Trinajstić information content (AvgIpc) is 3.22. The third-order valence-electron chi connectivity index (χ3n) is 4.90. The zero-order valence-corrected chi connectivity index (χ0v) is 16.1. The van der Waals surface area contributed by atoms with E-state index in [1.165, 1.54) is 0 Å². The van der Waals surface area contributed by atoms with Gasteiger partial charge in [-0.05, 0) is 19.3 Å². The largest absolute Gasteiger partial charge is 0.479 e. The first-order valence-corrected chi connectivity index (χ1v) is 9.34. The molecule has 26 heavy (non-hydrogen) atoms. The number of amides is 1. The van der Waals surface area contributed by atoms with Crippen LogP contribution in [0.4, 0.5) is 0 Å². The number of aliphatic carboxylic acids is 1. The lowest BCUT2D eigenvalue weighted by molar-refractivity contribution is -0.157. The monoisotopic (exact) mass is 366 g/mol. The van der Waals surface area contributed by atoms with Crippen LogP contribution in [0.2, 0.25) is 0 Å². The zero-order chi connectivity index (χ0) is 19.5. The van der Waals surface area contributed by atoms with Gasteiger partial charge in [-0.15, -0.1) is 0 Å². The van der Waals surface area contributed by atoms with Crippen molar-refractivity contribution in [1.29, 1.82) is 0 Å². The molecule has 0 aliphatic carbocycles. The van der Waals surface area contributed by atoms with Crippen molar-refractivity contribution in [2.24, 2.45) is 5.92 Å². The van der Waals surface area contributed by atoms with Crippen molar-refractivity contribution < 1.29 is 24.2 Å². The van der Waals surface area contributed by atoms with E-state index >= 15 is 0 Å². The van der Waals surface area contributed by atoms with Crippen molar-refractivity contribution in [3.8, 4) is 0 Å². The maximum Gasteiger partial charge on any atom is 0.333 e. The van der Waals surface area contributed by atoms with Gasteiger partial charge >= 0.3 is 5.97 Å². The number of nitrogens with zero attached hydrogens (tertiary/aromatic N) is 2. The normalized spacial score (nSPS) is 20.2. The van der Waals surface area contributed by atoms with Crippen LogP contribution in [-0.2, 0) is 15.0 Å². The highest BCUT2D eigenvalue weighted by Crippen LogP contribution is 2.35. The van der Waals surface area contributed by atoms with E-state index in [0.717, 1.165) is 25.0 Å². The summed E-state index contributed by atoms with van der Waals surface area (Å²) in [6, 6.07) is -0.302. The molecule has 1 saturated heterocycles. The molecule has 1 aliphatic rings. The van der Waals surface area contributed by atoms with Gasteiger partial charge in [0.2, 0.25) is 11.8 Å². The van der Waals surface area contributed by atoms with E-state index in [0.29, 0.717) is 25.3 Å². The standard InChI is InChI=1S/C19H30N2O5/c1-5-6-8-12(15(22)18(24)25)17(23)21-10-7-9-13(21)16-20-11-14(26-16)19(2,3)4/h11-13,15,22H,5-10H2,1-4H3,(H,24,25)/t12-,13+,15+/m1/s1. The summed E-state index contributed by atoms with van der Waals surface area (Å²) in [5.41, 5.74) is -0.179. The topological polar surface area (TPSA) is 104 Å². The van der Waals surface area contributed by atoms with Crippen LogP contribution in [0.5, 0.6) is 0 Å². The number of likely N-dealkylation sites (tertiary alicyclic amines) is 1. The van der Waals surface area contributed by atoms with Gasteiger partial charge in [-0.3, -0.25) is 4.79 Å². The highest BCUT2D eigenvalue weighted by molar-refractivity contribution is 5.86. The highest BCUT2D eigenvalue weighted by atomic mass is 16.4. The van der Waals surface area contributed by atoms with E-state index in [4.69, 9.17) is 9.52 Å². The molecule has 2 N–H and O–H groups in total. The minimum Gasteiger partial charge on any atom is -0.479 e. The maximum atomic E-state index is 13.0. The Kier molecular flexibility index (Phi) is 6.44. The van der Waals surface area contributed by atoms with Gasteiger partial charge in [-0.1, -0.05) is 40.5 Å². The van der Waals surface area contributed by atoms with E-state index in [1.807, 2.05) is 27.7 Å². The zero-order valence-electron chi connectivity index (χ0n) is 16.1. The first-order chi connectivity index (χ1) is 12.2. The molecular weight excluding hydrogens is 336 g/mol. The molecule has 0 bridgehead atoms. The number of aliphatic hydroxyl groups excluding tert-OH is 1. The van der Waals surface area contributed by atoms with Gasteiger partial charge in [0.15, 0.2) is 6.10 Å². The third-order valence-corrected chi connectivity index (χ3v) is 4.90. The number of unbranched alkanes of at least 4 members (excludes halogenated alkanes) is 1. The molecule has 7 heteroatoms. The molecule has 0 aromatic carbocycles. The smallest absolute Gasteiger partial charge is 0.333 e. The van der Waals surface area contributed by atoms with Crippen LogP contribution in [-0.4, -0.2) is 44.6 Å². The number of rotatable bonds is 7. The number of hydrogen-bond acceptors (Lipinski definition) is 5. The second-order valence-corrected chi connectivity index (χ2v) is 8.03. The Bertz CT molecular complexity index is 634. The Morgan fingerprint density at radius 2 is 2.12 bits per heavy atom. The summed E-state index contributed by atoms with van der Waals surface area (Å²) in [7, 11) is 0. The lowest BCUT2D eigenvalue weighted by Crippen LogP contribution is -2.43. The number of carbonyl (C=O) groups is 2. The first-order valence-electron chi connectivity index (χ1n) is 9.34. The summed E-state index contributed by atoms with van der Waals surface area (Å²) in [5.74, 6) is -1.39. The van der Waals surface area contributed by atoms with Gasteiger partial charge in [0.05, 0.1) is 12.1 Å². The van der Waals surface area contributed by atoms with E-state index in [1.54, 1.807) is 11.1 Å². The summed E-state index contributed by atoms with van der Waals surface area (Å²) >= 11 is 0. The minimum atomic E-state index is -1.69. The second-order valence-electron chi connectivity index (χ2n) is 8.03. The van der Waals surface area contributed by atoms with Crippen molar-refractivity contribution >= 4 is 11.9 Å². The van der Waals surface area contributed by atoms with Crippen molar-refractivity contribution in [3.63, 3.8) is 0 Å². The van der Waals surface area contributed by atoms with Gasteiger partial charge in [0, 0.05) is 12.0 Å².